The Labute approximate surface area is 175 Å². The van der Waals surface area contributed by atoms with Gasteiger partial charge in [0.05, 0.1) is 26.3 Å². The number of nitrogens with zero attached hydrogens (tertiary/aromatic N) is 4. The van der Waals surface area contributed by atoms with Gasteiger partial charge < -0.3 is 19.5 Å². The molecule has 1 aliphatic heterocycles. The summed E-state index contributed by atoms with van der Waals surface area (Å²) in [6, 6.07) is 17.5. The molecule has 1 fully saturated rings. The SMILES string of the molecule is CN(CC(=O)Nc1ccc(N2CCOCC2)cc1)Cc1nc(-c2ccccc2)no1. The number of benzene rings is 2. The second-order valence-electron chi connectivity index (χ2n) is 7.24. The number of rotatable bonds is 7. The molecule has 1 saturated heterocycles. The van der Waals surface area contributed by atoms with Crippen molar-refractivity contribution < 1.29 is 14.1 Å². The van der Waals surface area contributed by atoms with Gasteiger partial charge in [0.2, 0.25) is 17.6 Å². The molecule has 2 aromatic carbocycles. The molecule has 1 N–H and O–H groups in total. The van der Waals surface area contributed by atoms with Crippen molar-refractivity contribution in [3.05, 3.63) is 60.5 Å². The quantitative estimate of drug-likeness (QED) is 0.645. The zero-order valence-electron chi connectivity index (χ0n) is 17.0. The van der Waals surface area contributed by atoms with Gasteiger partial charge in [0, 0.05) is 30.0 Å². The molecule has 1 aliphatic rings. The number of ether oxygens (including phenoxy) is 1. The van der Waals surface area contributed by atoms with Crippen LogP contribution < -0.4 is 10.2 Å². The number of anilines is 2. The number of aromatic nitrogens is 2. The van der Waals surface area contributed by atoms with Gasteiger partial charge in [-0.25, -0.2) is 0 Å². The third kappa shape index (κ3) is 5.22. The van der Waals surface area contributed by atoms with E-state index >= 15 is 0 Å². The van der Waals surface area contributed by atoms with Crippen LogP contribution >= 0.6 is 0 Å². The minimum absolute atomic E-state index is 0.0978. The highest BCUT2D eigenvalue weighted by molar-refractivity contribution is 5.92. The fourth-order valence-corrected chi connectivity index (χ4v) is 3.33. The molecule has 3 aromatic rings. The average molecular weight is 407 g/mol. The molecule has 1 aromatic heterocycles. The largest absolute Gasteiger partial charge is 0.378 e. The van der Waals surface area contributed by atoms with Crippen molar-refractivity contribution >= 4 is 17.3 Å². The molecule has 1 amide bonds. The molecule has 2 heterocycles. The molecule has 0 unspecified atom stereocenters. The summed E-state index contributed by atoms with van der Waals surface area (Å²) in [5.41, 5.74) is 2.81. The molecule has 30 heavy (non-hydrogen) atoms. The van der Waals surface area contributed by atoms with Crippen molar-refractivity contribution in [3.63, 3.8) is 0 Å². The Morgan fingerprint density at radius 1 is 1.10 bits per heavy atom. The average Bonchev–Trinajstić information content (AvgIpc) is 3.23. The Bertz CT molecular complexity index is 952. The van der Waals surface area contributed by atoms with E-state index in [4.69, 9.17) is 9.26 Å². The normalized spacial score (nSPS) is 14.1. The van der Waals surface area contributed by atoms with Crippen molar-refractivity contribution in [1.82, 2.24) is 15.0 Å². The van der Waals surface area contributed by atoms with Gasteiger partial charge in [-0.2, -0.15) is 4.98 Å². The lowest BCUT2D eigenvalue weighted by atomic mass is 10.2. The smallest absolute Gasteiger partial charge is 0.241 e. The van der Waals surface area contributed by atoms with Gasteiger partial charge in [-0.15, -0.1) is 0 Å². The number of carbonyl (C=O) groups excluding carboxylic acids is 1. The number of amides is 1. The zero-order valence-corrected chi connectivity index (χ0v) is 17.0. The predicted octanol–water partition coefficient (Wildman–Crippen LogP) is 2.64. The van der Waals surface area contributed by atoms with Crippen LogP contribution in [0, 0.1) is 0 Å². The van der Waals surface area contributed by atoms with E-state index in [9.17, 15) is 4.79 Å². The van der Waals surface area contributed by atoms with Crippen LogP contribution in [-0.4, -0.2) is 60.8 Å². The predicted molar refractivity (Wildman–Crippen MR) is 114 cm³/mol. The van der Waals surface area contributed by atoms with Crippen LogP contribution in [0.1, 0.15) is 5.89 Å². The molecule has 156 valence electrons. The van der Waals surface area contributed by atoms with Crippen molar-refractivity contribution in [2.24, 2.45) is 0 Å². The zero-order chi connectivity index (χ0) is 20.8. The first-order chi connectivity index (χ1) is 14.7. The van der Waals surface area contributed by atoms with E-state index in [2.05, 4.69) is 20.4 Å². The van der Waals surface area contributed by atoms with E-state index in [-0.39, 0.29) is 12.5 Å². The Morgan fingerprint density at radius 3 is 2.57 bits per heavy atom. The third-order valence-corrected chi connectivity index (χ3v) is 4.85. The molecule has 8 heteroatoms. The first-order valence-corrected chi connectivity index (χ1v) is 9.96. The molecular weight excluding hydrogens is 382 g/mol. The number of hydrogen-bond donors (Lipinski definition) is 1. The van der Waals surface area contributed by atoms with Crippen LogP contribution in [0.4, 0.5) is 11.4 Å². The van der Waals surface area contributed by atoms with Gasteiger partial charge in [-0.05, 0) is 31.3 Å². The minimum atomic E-state index is -0.0978. The van der Waals surface area contributed by atoms with Gasteiger partial charge in [-0.3, -0.25) is 9.69 Å². The summed E-state index contributed by atoms with van der Waals surface area (Å²) in [4.78, 5) is 20.9. The van der Waals surface area contributed by atoms with Crippen LogP contribution in [0.2, 0.25) is 0 Å². The van der Waals surface area contributed by atoms with Crippen molar-refractivity contribution in [1.29, 1.82) is 0 Å². The molecule has 4 rings (SSSR count). The summed E-state index contributed by atoms with van der Waals surface area (Å²) in [5.74, 6) is 0.919. The molecular formula is C22H25N5O3. The first kappa shape index (κ1) is 20.1. The highest BCUT2D eigenvalue weighted by atomic mass is 16.5. The van der Waals surface area contributed by atoms with Crippen LogP contribution in [0.3, 0.4) is 0 Å². The van der Waals surface area contributed by atoms with Gasteiger partial charge in [0.1, 0.15) is 0 Å². The lowest BCUT2D eigenvalue weighted by Crippen LogP contribution is -2.36. The summed E-state index contributed by atoms with van der Waals surface area (Å²) >= 11 is 0. The number of likely N-dealkylation sites (N-methyl/N-ethyl adjacent to an activating group) is 1. The fraction of sp³-hybridized carbons (Fsp3) is 0.318. The fourth-order valence-electron chi connectivity index (χ4n) is 3.33. The van der Waals surface area contributed by atoms with Gasteiger partial charge in [0.25, 0.3) is 0 Å². The van der Waals surface area contributed by atoms with Crippen LogP contribution in [0.25, 0.3) is 11.4 Å². The van der Waals surface area contributed by atoms with E-state index in [0.29, 0.717) is 18.3 Å². The Hall–Kier alpha value is -3.23. The first-order valence-electron chi connectivity index (χ1n) is 9.96. The summed E-state index contributed by atoms with van der Waals surface area (Å²) in [7, 11) is 1.84. The molecule has 0 aliphatic carbocycles. The lowest BCUT2D eigenvalue weighted by Gasteiger charge is -2.28. The van der Waals surface area contributed by atoms with Crippen LogP contribution in [-0.2, 0) is 16.1 Å². The summed E-state index contributed by atoms with van der Waals surface area (Å²) in [5, 5.41) is 6.94. The highest BCUT2D eigenvalue weighted by Gasteiger charge is 2.14. The van der Waals surface area contributed by atoms with E-state index < -0.39 is 0 Å². The maximum atomic E-state index is 12.4. The highest BCUT2D eigenvalue weighted by Crippen LogP contribution is 2.19. The Morgan fingerprint density at radius 2 is 1.83 bits per heavy atom. The number of morpholine rings is 1. The molecule has 0 bridgehead atoms. The monoisotopic (exact) mass is 407 g/mol. The van der Waals surface area contributed by atoms with Crippen molar-refractivity contribution in [3.8, 4) is 11.4 Å². The standard InChI is InChI=1S/C22H25N5O3/c1-26(16-21-24-22(25-30-21)17-5-3-2-4-6-17)15-20(28)23-18-7-9-19(10-8-18)27-11-13-29-14-12-27/h2-10H,11-16H2,1H3,(H,23,28). The summed E-state index contributed by atoms with van der Waals surface area (Å²) < 4.78 is 10.7. The van der Waals surface area contributed by atoms with E-state index in [1.54, 1.807) is 0 Å². The second-order valence-corrected chi connectivity index (χ2v) is 7.24. The van der Waals surface area contributed by atoms with E-state index in [1.165, 1.54) is 0 Å². The summed E-state index contributed by atoms with van der Waals surface area (Å²) in [6.45, 7) is 3.88. The van der Waals surface area contributed by atoms with E-state index in [1.807, 2.05) is 66.5 Å². The molecule has 0 spiro atoms. The van der Waals surface area contributed by atoms with Gasteiger partial charge >= 0.3 is 0 Å². The van der Waals surface area contributed by atoms with E-state index in [0.717, 1.165) is 43.2 Å². The van der Waals surface area contributed by atoms with Gasteiger partial charge in [-0.1, -0.05) is 35.5 Å². The summed E-state index contributed by atoms with van der Waals surface area (Å²) in [6.07, 6.45) is 0. The third-order valence-electron chi connectivity index (χ3n) is 4.85. The Kier molecular flexibility index (Phi) is 6.36. The molecule has 0 atom stereocenters. The maximum absolute atomic E-state index is 12.4. The molecule has 0 radical (unpaired) electrons. The molecule has 0 saturated carbocycles. The van der Waals surface area contributed by atoms with Gasteiger partial charge in [0.15, 0.2) is 0 Å². The maximum Gasteiger partial charge on any atom is 0.241 e. The Balaban J connectivity index is 1.27. The number of carbonyl (C=O) groups is 1. The number of hydrogen-bond acceptors (Lipinski definition) is 7. The van der Waals surface area contributed by atoms with Crippen LogP contribution in [0.5, 0.6) is 0 Å². The van der Waals surface area contributed by atoms with Crippen LogP contribution in [0.15, 0.2) is 59.1 Å². The minimum Gasteiger partial charge on any atom is -0.378 e. The van der Waals surface area contributed by atoms with Crippen molar-refractivity contribution in [2.45, 2.75) is 6.54 Å². The number of nitrogens with one attached hydrogen (secondary N) is 1. The lowest BCUT2D eigenvalue weighted by molar-refractivity contribution is -0.117. The van der Waals surface area contributed by atoms with Crippen molar-refractivity contribution in [2.75, 3.05) is 50.1 Å². The second kappa shape index (κ2) is 9.51. The molecule has 8 nitrogen and oxygen atoms in total. The topological polar surface area (TPSA) is 83.7 Å².